The molecule has 42 heavy (non-hydrogen) atoms. The summed E-state index contributed by atoms with van der Waals surface area (Å²) in [6.07, 6.45) is -9.58. The van der Waals surface area contributed by atoms with Gasteiger partial charge in [0.2, 0.25) is 12.2 Å². The molecule has 4 rings (SSSR count). The summed E-state index contributed by atoms with van der Waals surface area (Å²) in [5.41, 5.74) is 2.88. The zero-order valence-corrected chi connectivity index (χ0v) is 23.6. The van der Waals surface area contributed by atoms with Crippen LogP contribution >= 0.6 is 0 Å². The second-order valence-electron chi connectivity index (χ2n) is 10.7. The van der Waals surface area contributed by atoms with Crippen LogP contribution in [0.2, 0.25) is 0 Å². The highest BCUT2D eigenvalue weighted by Gasteiger charge is 2.48. The molecular weight excluding hydrogens is 550 g/mol. The van der Waals surface area contributed by atoms with Crippen LogP contribution in [0.5, 0.6) is 11.5 Å². The van der Waals surface area contributed by atoms with Crippen LogP contribution in [-0.4, -0.2) is 130 Å². The Morgan fingerprint density at radius 1 is 0.929 bits per heavy atom. The number of aryl methyl sites for hydroxylation is 2. The van der Waals surface area contributed by atoms with Gasteiger partial charge in [0.15, 0.2) is 17.6 Å². The van der Waals surface area contributed by atoms with Gasteiger partial charge in [-0.15, -0.1) is 0 Å². The maximum Gasteiger partial charge on any atom is 0.335 e. The Labute approximate surface area is 243 Å². The van der Waals surface area contributed by atoms with E-state index in [9.17, 15) is 35.1 Å². The number of aliphatic carboxylic acids is 1. The average Bonchev–Trinajstić information content (AvgIpc) is 2.95. The minimum Gasteiger partial charge on any atom is -0.487 e. The fourth-order valence-electron chi connectivity index (χ4n) is 5.00. The van der Waals surface area contributed by atoms with E-state index in [1.807, 2.05) is 32.0 Å². The summed E-state index contributed by atoms with van der Waals surface area (Å²) in [7, 11) is 0. The maximum absolute atomic E-state index is 12.6. The Hall–Kier alpha value is -3.30. The number of anilines is 1. The first-order valence-electron chi connectivity index (χ1n) is 13.8. The van der Waals surface area contributed by atoms with Crippen LogP contribution in [0.4, 0.5) is 5.69 Å². The highest BCUT2D eigenvalue weighted by Crippen LogP contribution is 2.31. The molecule has 2 aromatic rings. The normalized spacial score (nSPS) is 25.9. The highest BCUT2D eigenvalue weighted by molar-refractivity contribution is 5.93. The van der Waals surface area contributed by atoms with Gasteiger partial charge in [-0.25, -0.2) is 4.79 Å². The van der Waals surface area contributed by atoms with Crippen LogP contribution in [0.3, 0.4) is 0 Å². The van der Waals surface area contributed by atoms with Gasteiger partial charge in [0, 0.05) is 38.4 Å². The van der Waals surface area contributed by atoms with Crippen molar-refractivity contribution in [1.29, 1.82) is 0 Å². The molecule has 2 aliphatic heterocycles. The Morgan fingerprint density at radius 2 is 1.55 bits per heavy atom. The Morgan fingerprint density at radius 3 is 2.19 bits per heavy atom. The number of carboxylic acids is 1. The highest BCUT2D eigenvalue weighted by atomic mass is 16.7. The number of rotatable bonds is 11. The molecule has 0 aliphatic carbocycles. The van der Waals surface area contributed by atoms with Crippen LogP contribution in [-0.2, 0) is 14.3 Å². The largest absolute Gasteiger partial charge is 0.487 e. The van der Waals surface area contributed by atoms with Crippen molar-refractivity contribution >= 4 is 17.6 Å². The summed E-state index contributed by atoms with van der Waals surface area (Å²) in [6.45, 7) is 7.17. The number of hydrogen-bond acceptors (Lipinski definition) is 11. The molecule has 0 aromatic heterocycles. The summed E-state index contributed by atoms with van der Waals surface area (Å²) in [6, 6.07) is 12.2. The third-order valence-corrected chi connectivity index (χ3v) is 7.38. The van der Waals surface area contributed by atoms with Crippen molar-refractivity contribution < 1.29 is 49.3 Å². The first-order chi connectivity index (χ1) is 20.0. The number of carbonyl (C=O) groups excluding carboxylic acids is 1. The van der Waals surface area contributed by atoms with Crippen LogP contribution < -0.4 is 14.8 Å². The standard InChI is InChI=1S/C29H39N3O10/c1-17-6-5-7-18(2)23(17)30-22(34)15-32-12-10-31(11-13-32)14-19(33)16-40-20-8-3-4-9-21(20)41-29-26(37)24(35)25(36)27(42-29)28(38)39/h3-9,19,24-27,29,33,35-37H,10-16H2,1-2H3,(H,30,34)(H,38,39). The second kappa shape index (κ2) is 14.2. The number of carboxylic acid groups (broad SMARTS) is 1. The molecule has 2 aromatic carbocycles. The molecule has 0 spiro atoms. The fourth-order valence-corrected chi connectivity index (χ4v) is 5.00. The van der Waals surface area contributed by atoms with Gasteiger partial charge in [-0.05, 0) is 37.1 Å². The number of ether oxygens (including phenoxy) is 3. The molecule has 6 N–H and O–H groups in total. The SMILES string of the molecule is Cc1cccc(C)c1NC(=O)CN1CCN(CC(O)COc2ccccc2OC2OC(C(=O)O)C(O)C(O)C2O)CC1. The molecule has 6 atom stereocenters. The molecule has 0 radical (unpaired) electrons. The van der Waals surface area contributed by atoms with Gasteiger partial charge < -0.3 is 45.1 Å². The Balaban J connectivity index is 1.23. The lowest BCUT2D eigenvalue weighted by atomic mass is 9.99. The molecule has 13 heteroatoms. The van der Waals surface area contributed by atoms with Gasteiger partial charge in [-0.3, -0.25) is 14.6 Å². The summed E-state index contributed by atoms with van der Waals surface area (Å²) >= 11 is 0. The maximum atomic E-state index is 12.6. The van der Waals surface area contributed by atoms with Crippen molar-refractivity contribution in [2.75, 3.05) is 51.2 Å². The van der Waals surface area contributed by atoms with E-state index in [0.717, 1.165) is 16.8 Å². The van der Waals surface area contributed by atoms with E-state index in [4.69, 9.17) is 14.2 Å². The molecule has 230 valence electrons. The van der Waals surface area contributed by atoms with E-state index in [1.165, 1.54) is 6.07 Å². The monoisotopic (exact) mass is 589 g/mol. The van der Waals surface area contributed by atoms with Crippen LogP contribution in [0.15, 0.2) is 42.5 Å². The number of piperazine rings is 1. The number of amides is 1. The number of nitrogens with one attached hydrogen (secondary N) is 1. The fraction of sp³-hybridized carbons (Fsp3) is 0.517. The summed E-state index contributed by atoms with van der Waals surface area (Å²) in [5, 5.41) is 53.1. The Kier molecular flexibility index (Phi) is 10.7. The quantitative estimate of drug-likeness (QED) is 0.199. The number of hydrogen-bond donors (Lipinski definition) is 6. The number of β-amino-alcohol motifs (C(OH)–C–C–N with tert-alkyl or cyclic N) is 1. The smallest absolute Gasteiger partial charge is 0.335 e. The number of para-hydroxylation sites is 3. The van der Waals surface area contributed by atoms with E-state index in [-0.39, 0.29) is 30.6 Å². The molecule has 2 saturated heterocycles. The van der Waals surface area contributed by atoms with Crippen molar-refractivity contribution in [2.45, 2.75) is 50.7 Å². The first kappa shape index (κ1) is 31.6. The lowest BCUT2D eigenvalue weighted by molar-refractivity contribution is -0.271. The molecule has 13 nitrogen and oxygen atoms in total. The zero-order chi connectivity index (χ0) is 30.4. The van der Waals surface area contributed by atoms with Gasteiger partial charge in [0.05, 0.1) is 6.54 Å². The molecule has 1 amide bonds. The van der Waals surface area contributed by atoms with Crippen LogP contribution in [0, 0.1) is 13.8 Å². The van der Waals surface area contributed by atoms with Crippen molar-refractivity contribution in [2.24, 2.45) is 0 Å². The van der Waals surface area contributed by atoms with Gasteiger partial charge in [0.1, 0.15) is 31.0 Å². The lowest BCUT2D eigenvalue weighted by Gasteiger charge is -2.38. The molecule has 0 saturated carbocycles. The summed E-state index contributed by atoms with van der Waals surface area (Å²) < 4.78 is 16.5. The first-order valence-corrected chi connectivity index (χ1v) is 13.8. The van der Waals surface area contributed by atoms with Crippen molar-refractivity contribution in [1.82, 2.24) is 9.80 Å². The number of carbonyl (C=O) groups is 2. The Bertz CT molecular complexity index is 1200. The van der Waals surface area contributed by atoms with Crippen molar-refractivity contribution in [3.05, 3.63) is 53.6 Å². The average molecular weight is 590 g/mol. The van der Waals surface area contributed by atoms with Gasteiger partial charge in [0.25, 0.3) is 0 Å². The minimum atomic E-state index is -1.83. The van der Waals surface area contributed by atoms with E-state index >= 15 is 0 Å². The molecule has 6 unspecified atom stereocenters. The third kappa shape index (κ3) is 7.95. The third-order valence-electron chi connectivity index (χ3n) is 7.38. The van der Waals surface area contributed by atoms with E-state index in [1.54, 1.807) is 18.2 Å². The van der Waals surface area contributed by atoms with E-state index in [2.05, 4.69) is 15.1 Å². The van der Waals surface area contributed by atoms with Crippen molar-refractivity contribution in [3.63, 3.8) is 0 Å². The number of nitrogens with zero attached hydrogens (tertiary/aromatic N) is 2. The van der Waals surface area contributed by atoms with Crippen LogP contribution in [0.1, 0.15) is 11.1 Å². The summed E-state index contributed by atoms with van der Waals surface area (Å²) in [5.74, 6) is -1.28. The van der Waals surface area contributed by atoms with Gasteiger partial charge in [-0.1, -0.05) is 30.3 Å². The van der Waals surface area contributed by atoms with Crippen LogP contribution in [0.25, 0.3) is 0 Å². The zero-order valence-electron chi connectivity index (χ0n) is 23.6. The molecule has 2 fully saturated rings. The number of benzene rings is 2. The minimum absolute atomic E-state index is 0.0644. The molecular formula is C29H39N3O10. The topological polar surface area (TPSA) is 181 Å². The summed E-state index contributed by atoms with van der Waals surface area (Å²) in [4.78, 5) is 28.1. The van der Waals surface area contributed by atoms with E-state index in [0.29, 0.717) is 32.7 Å². The molecule has 2 heterocycles. The number of aliphatic hydroxyl groups is 4. The lowest BCUT2D eigenvalue weighted by Crippen LogP contribution is -2.61. The van der Waals surface area contributed by atoms with E-state index < -0.39 is 42.8 Å². The predicted molar refractivity (Wildman–Crippen MR) is 150 cm³/mol. The molecule has 2 aliphatic rings. The second-order valence-corrected chi connectivity index (χ2v) is 10.7. The predicted octanol–water partition coefficient (Wildman–Crippen LogP) is -0.430. The van der Waals surface area contributed by atoms with Gasteiger partial charge >= 0.3 is 5.97 Å². The molecule has 0 bridgehead atoms. The number of aliphatic hydroxyl groups excluding tert-OH is 4. The van der Waals surface area contributed by atoms with Crippen molar-refractivity contribution in [3.8, 4) is 11.5 Å². The van der Waals surface area contributed by atoms with Gasteiger partial charge in [-0.2, -0.15) is 0 Å².